The van der Waals surface area contributed by atoms with Gasteiger partial charge in [-0.25, -0.2) is 0 Å². The van der Waals surface area contributed by atoms with Gasteiger partial charge >= 0.3 is 0 Å². The molecule has 0 bridgehead atoms. The van der Waals surface area contributed by atoms with Crippen molar-refractivity contribution in [1.82, 2.24) is 0 Å². The van der Waals surface area contributed by atoms with Crippen molar-refractivity contribution in [2.75, 3.05) is 0 Å². The zero-order valence-electron chi connectivity index (χ0n) is 19.7. The van der Waals surface area contributed by atoms with Crippen molar-refractivity contribution in [3.05, 3.63) is 0 Å². The summed E-state index contributed by atoms with van der Waals surface area (Å²) in [5.74, 6) is 10.6. The molecule has 0 heterocycles. The minimum absolute atomic E-state index is 0.988. The summed E-state index contributed by atoms with van der Waals surface area (Å²) in [5.41, 5.74) is 0. The van der Waals surface area contributed by atoms with Crippen LogP contribution in [0, 0.1) is 59.2 Å². The fourth-order valence-electron chi connectivity index (χ4n) is 9.09. The number of rotatable bonds is 4. The van der Waals surface area contributed by atoms with Crippen LogP contribution < -0.4 is 0 Å². The maximum absolute atomic E-state index is 2.67. The van der Waals surface area contributed by atoms with Gasteiger partial charge < -0.3 is 0 Å². The molecule has 0 aliphatic heterocycles. The van der Waals surface area contributed by atoms with E-state index in [1.54, 1.807) is 57.8 Å². The maximum Gasteiger partial charge on any atom is -0.0354 e. The van der Waals surface area contributed by atoms with Gasteiger partial charge in [-0.2, -0.15) is 0 Å². The zero-order chi connectivity index (χ0) is 19.7. The molecule has 0 aromatic heterocycles. The largest absolute Gasteiger partial charge is 0.0651 e. The van der Waals surface area contributed by atoms with Gasteiger partial charge in [0, 0.05) is 0 Å². The van der Waals surface area contributed by atoms with E-state index in [2.05, 4.69) is 27.7 Å². The van der Waals surface area contributed by atoms with Gasteiger partial charge in [0.25, 0.3) is 0 Å². The summed E-state index contributed by atoms with van der Waals surface area (Å²) in [5, 5.41) is 0. The summed E-state index contributed by atoms with van der Waals surface area (Å²) in [4.78, 5) is 0. The maximum atomic E-state index is 2.67. The van der Waals surface area contributed by atoms with Crippen molar-refractivity contribution >= 4 is 0 Å². The van der Waals surface area contributed by atoms with Crippen LogP contribution in [0.2, 0.25) is 0 Å². The lowest BCUT2D eigenvalue weighted by Crippen LogP contribution is -2.36. The predicted molar refractivity (Wildman–Crippen MR) is 122 cm³/mol. The zero-order valence-corrected chi connectivity index (χ0v) is 19.7. The van der Waals surface area contributed by atoms with Crippen LogP contribution in [-0.2, 0) is 0 Å². The summed E-state index contributed by atoms with van der Waals surface area (Å²) in [6.45, 7) is 10.1. The highest BCUT2D eigenvalue weighted by molar-refractivity contribution is 4.97. The minimum Gasteiger partial charge on any atom is -0.0651 e. The van der Waals surface area contributed by atoms with Crippen molar-refractivity contribution in [1.29, 1.82) is 0 Å². The van der Waals surface area contributed by atoms with E-state index in [0.29, 0.717) is 0 Å². The molecule has 10 unspecified atom stereocenters. The van der Waals surface area contributed by atoms with Crippen LogP contribution >= 0.6 is 0 Å². The molecule has 4 fully saturated rings. The van der Waals surface area contributed by atoms with E-state index >= 15 is 0 Å². The lowest BCUT2D eigenvalue weighted by molar-refractivity contribution is 0.0478. The molecule has 0 spiro atoms. The molecule has 4 saturated carbocycles. The number of hydrogen-bond acceptors (Lipinski definition) is 0. The molecule has 0 N–H and O–H groups in total. The van der Waals surface area contributed by atoms with Crippen LogP contribution in [0.1, 0.15) is 118 Å². The predicted octanol–water partition coefficient (Wildman–Crippen LogP) is 8.74. The number of hydrogen-bond donors (Lipinski definition) is 0. The van der Waals surface area contributed by atoms with E-state index in [0.717, 1.165) is 59.2 Å². The fraction of sp³-hybridized carbons (Fsp3) is 1.00. The Bertz CT molecular complexity index is 480. The Morgan fingerprint density at radius 1 is 0.536 bits per heavy atom. The Labute approximate surface area is 177 Å². The van der Waals surface area contributed by atoms with E-state index in [9.17, 15) is 0 Å². The molecule has 4 aliphatic rings. The average Bonchev–Trinajstić information content (AvgIpc) is 2.90. The third kappa shape index (κ3) is 4.23. The third-order valence-corrected chi connectivity index (χ3v) is 10.8. The van der Waals surface area contributed by atoms with Crippen molar-refractivity contribution in [3.8, 4) is 0 Å². The summed E-state index contributed by atoms with van der Waals surface area (Å²) in [6, 6.07) is 0. The highest BCUT2D eigenvalue weighted by Crippen LogP contribution is 2.56. The molecular formula is C28H50. The van der Waals surface area contributed by atoms with Crippen LogP contribution in [0.3, 0.4) is 0 Å². The van der Waals surface area contributed by atoms with Crippen molar-refractivity contribution in [2.24, 2.45) is 59.2 Å². The second kappa shape index (κ2) is 9.43. The topological polar surface area (TPSA) is 0 Å². The molecular weight excluding hydrogens is 336 g/mol. The van der Waals surface area contributed by atoms with Gasteiger partial charge in [-0.05, 0) is 104 Å². The van der Waals surface area contributed by atoms with Crippen LogP contribution in [-0.4, -0.2) is 0 Å². The van der Waals surface area contributed by atoms with Crippen molar-refractivity contribution in [3.63, 3.8) is 0 Å². The minimum atomic E-state index is 0.988. The summed E-state index contributed by atoms with van der Waals surface area (Å²) in [7, 11) is 0. The molecule has 4 rings (SSSR count). The molecule has 162 valence electrons. The van der Waals surface area contributed by atoms with E-state index in [1.807, 2.05) is 0 Å². The lowest BCUT2D eigenvalue weighted by Gasteiger charge is -2.45. The normalized spacial score (nSPS) is 49.7. The van der Waals surface area contributed by atoms with Gasteiger partial charge in [-0.1, -0.05) is 72.6 Å². The smallest absolute Gasteiger partial charge is 0.0354 e. The van der Waals surface area contributed by atoms with Crippen LogP contribution in [0.4, 0.5) is 0 Å². The standard InChI is InChI=1S/C28H50/c1-5-20-12-13-27-24(14-20)18-25(17-23-10-8-9-11-26(23)27)28-16-21(6-2)15-22(7-3)19(28)4/h19-28H,5-18H2,1-4H3. The molecule has 28 heavy (non-hydrogen) atoms. The average molecular weight is 387 g/mol. The first-order valence-corrected chi connectivity index (χ1v) is 13.6. The van der Waals surface area contributed by atoms with Gasteiger partial charge in [0.05, 0.1) is 0 Å². The highest BCUT2D eigenvalue weighted by Gasteiger charge is 2.47. The first-order valence-electron chi connectivity index (χ1n) is 13.6. The van der Waals surface area contributed by atoms with Crippen molar-refractivity contribution in [2.45, 2.75) is 118 Å². The van der Waals surface area contributed by atoms with Crippen molar-refractivity contribution < 1.29 is 0 Å². The monoisotopic (exact) mass is 386 g/mol. The Balaban J connectivity index is 1.57. The van der Waals surface area contributed by atoms with Crippen LogP contribution in [0.25, 0.3) is 0 Å². The van der Waals surface area contributed by atoms with Crippen LogP contribution in [0.15, 0.2) is 0 Å². The van der Waals surface area contributed by atoms with Gasteiger partial charge in [-0.15, -0.1) is 0 Å². The second-order valence-electron chi connectivity index (χ2n) is 11.9. The molecule has 10 atom stereocenters. The summed E-state index contributed by atoms with van der Waals surface area (Å²) in [6.07, 6.45) is 21.6. The van der Waals surface area contributed by atoms with Gasteiger partial charge in [0.2, 0.25) is 0 Å². The van der Waals surface area contributed by atoms with Gasteiger partial charge in [0.1, 0.15) is 0 Å². The molecule has 4 aliphatic carbocycles. The van der Waals surface area contributed by atoms with E-state index in [-0.39, 0.29) is 0 Å². The Morgan fingerprint density at radius 2 is 1.21 bits per heavy atom. The van der Waals surface area contributed by atoms with E-state index < -0.39 is 0 Å². The SMILES string of the molecule is CCC1CCC2C(C1)CC(C1CC(CC)CC(CC)C1C)CC1CCCCC12. The second-order valence-corrected chi connectivity index (χ2v) is 11.9. The Hall–Kier alpha value is 0. The molecule has 0 radical (unpaired) electrons. The van der Waals surface area contributed by atoms with Crippen LogP contribution in [0.5, 0.6) is 0 Å². The molecule has 0 heteroatoms. The molecule has 0 saturated heterocycles. The molecule has 0 nitrogen and oxygen atoms in total. The number of fused-ring (bicyclic) bond motifs is 3. The Kier molecular flexibility index (Phi) is 7.15. The lowest BCUT2D eigenvalue weighted by atomic mass is 9.60. The van der Waals surface area contributed by atoms with E-state index in [1.165, 1.54) is 32.1 Å². The van der Waals surface area contributed by atoms with Gasteiger partial charge in [0.15, 0.2) is 0 Å². The van der Waals surface area contributed by atoms with E-state index in [4.69, 9.17) is 0 Å². The summed E-state index contributed by atoms with van der Waals surface area (Å²) >= 11 is 0. The Morgan fingerprint density at radius 3 is 1.96 bits per heavy atom. The first kappa shape index (κ1) is 21.2. The highest BCUT2D eigenvalue weighted by atomic mass is 14.5. The molecule has 0 aromatic carbocycles. The van der Waals surface area contributed by atoms with Gasteiger partial charge in [-0.3, -0.25) is 0 Å². The summed E-state index contributed by atoms with van der Waals surface area (Å²) < 4.78 is 0. The fourth-order valence-corrected chi connectivity index (χ4v) is 9.09. The molecule has 0 aromatic rings. The molecule has 0 amide bonds. The quantitative estimate of drug-likeness (QED) is 0.453. The first-order chi connectivity index (χ1) is 13.6. The third-order valence-electron chi connectivity index (χ3n) is 10.8.